The monoisotopic (exact) mass is 419 g/mol. The number of amides is 1. The second kappa shape index (κ2) is 8.87. The summed E-state index contributed by atoms with van der Waals surface area (Å²) >= 11 is 0. The van der Waals surface area contributed by atoms with Crippen molar-refractivity contribution < 1.29 is 18.1 Å². The number of hydrogen-bond acceptors (Lipinski definition) is 4. The molecule has 2 aromatic heterocycles. The van der Waals surface area contributed by atoms with E-state index in [1.54, 1.807) is 24.5 Å². The first kappa shape index (κ1) is 20.4. The van der Waals surface area contributed by atoms with Gasteiger partial charge >= 0.3 is 0 Å². The largest absolute Gasteiger partial charge is 0.337 e. The van der Waals surface area contributed by atoms with Crippen LogP contribution in [0.4, 0.5) is 14.7 Å². The quantitative estimate of drug-likeness (QED) is 0.444. The number of aryl methyl sites for hydroxylation is 2. The van der Waals surface area contributed by atoms with E-state index < -0.39 is 11.6 Å². The highest BCUT2D eigenvalue weighted by atomic mass is 19.1. The lowest BCUT2D eigenvalue weighted by atomic mass is 10.0. The second-order valence-corrected chi connectivity index (χ2v) is 7.13. The minimum atomic E-state index is -0.777. The highest BCUT2D eigenvalue weighted by Gasteiger charge is 2.23. The Kier molecular flexibility index (Phi) is 5.84. The van der Waals surface area contributed by atoms with Crippen LogP contribution in [0, 0.1) is 18.6 Å². The molecule has 0 saturated carbocycles. The Morgan fingerprint density at radius 1 is 1.06 bits per heavy atom. The molecule has 0 fully saturated rings. The van der Waals surface area contributed by atoms with E-state index >= 15 is 0 Å². The fourth-order valence-electron chi connectivity index (χ4n) is 3.34. The topological polar surface area (TPSA) is 68.0 Å². The summed E-state index contributed by atoms with van der Waals surface area (Å²) in [5, 5.41) is 6.69. The minimum Gasteiger partial charge on any atom is -0.337 e. The van der Waals surface area contributed by atoms with Crippen molar-refractivity contribution in [3.05, 3.63) is 89.8 Å². The van der Waals surface area contributed by atoms with Crippen LogP contribution < -0.4 is 5.32 Å². The summed E-state index contributed by atoms with van der Waals surface area (Å²) < 4.78 is 33.2. The molecule has 1 N–H and O–H groups in total. The number of hydrogen-bond donors (Lipinski definition) is 1. The van der Waals surface area contributed by atoms with Crippen LogP contribution >= 0.6 is 0 Å². The molecule has 5 nitrogen and oxygen atoms in total. The van der Waals surface area contributed by atoms with Gasteiger partial charge in [-0.15, -0.1) is 0 Å². The van der Waals surface area contributed by atoms with Crippen LogP contribution in [0.5, 0.6) is 0 Å². The molecule has 0 bridgehead atoms. The van der Waals surface area contributed by atoms with E-state index in [4.69, 9.17) is 4.52 Å². The Morgan fingerprint density at radius 2 is 1.87 bits per heavy atom. The summed E-state index contributed by atoms with van der Waals surface area (Å²) in [4.78, 5) is 16.6. The summed E-state index contributed by atoms with van der Waals surface area (Å²) in [7, 11) is 0. The summed E-state index contributed by atoms with van der Waals surface area (Å²) in [6.07, 6.45) is 3.93. The maximum absolute atomic E-state index is 14.4. The van der Waals surface area contributed by atoms with Crippen molar-refractivity contribution >= 4 is 11.8 Å². The van der Waals surface area contributed by atoms with Gasteiger partial charge in [-0.3, -0.25) is 15.1 Å². The molecule has 7 heteroatoms. The average Bonchev–Trinajstić information content (AvgIpc) is 3.16. The maximum Gasteiger partial charge on any atom is 0.239 e. The smallest absolute Gasteiger partial charge is 0.239 e. The van der Waals surface area contributed by atoms with Crippen molar-refractivity contribution in [3.63, 3.8) is 0 Å². The van der Waals surface area contributed by atoms with Gasteiger partial charge in [0.25, 0.3) is 0 Å². The zero-order valence-corrected chi connectivity index (χ0v) is 16.7. The van der Waals surface area contributed by atoms with Crippen LogP contribution in [0.3, 0.4) is 0 Å². The molecule has 0 unspecified atom stereocenters. The Morgan fingerprint density at radius 3 is 2.61 bits per heavy atom. The van der Waals surface area contributed by atoms with Crippen LogP contribution in [0.25, 0.3) is 22.4 Å². The average molecular weight is 419 g/mol. The van der Waals surface area contributed by atoms with E-state index in [0.29, 0.717) is 17.5 Å². The lowest BCUT2D eigenvalue weighted by Crippen LogP contribution is -2.12. The Hall–Kier alpha value is -3.87. The highest BCUT2D eigenvalue weighted by Crippen LogP contribution is 2.38. The Labute approximate surface area is 177 Å². The summed E-state index contributed by atoms with van der Waals surface area (Å²) in [5.41, 5.74) is 3.44. The molecule has 0 aliphatic carbocycles. The van der Waals surface area contributed by atoms with E-state index in [-0.39, 0.29) is 29.5 Å². The normalized spacial score (nSPS) is 10.8. The first-order valence-corrected chi connectivity index (χ1v) is 9.72. The maximum atomic E-state index is 14.4. The molecule has 4 aromatic rings. The molecule has 156 valence electrons. The first-order valence-electron chi connectivity index (χ1n) is 9.72. The van der Waals surface area contributed by atoms with Crippen molar-refractivity contribution in [2.75, 3.05) is 5.32 Å². The molecule has 0 aliphatic rings. The molecule has 31 heavy (non-hydrogen) atoms. The van der Waals surface area contributed by atoms with Crippen LogP contribution in [0.15, 0.2) is 71.5 Å². The van der Waals surface area contributed by atoms with Gasteiger partial charge in [0.1, 0.15) is 17.3 Å². The van der Waals surface area contributed by atoms with Crippen molar-refractivity contribution in [1.29, 1.82) is 0 Å². The summed E-state index contributed by atoms with van der Waals surface area (Å²) in [6.45, 7) is 2.00. The van der Waals surface area contributed by atoms with Crippen LogP contribution in [0.1, 0.15) is 17.5 Å². The minimum absolute atomic E-state index is 0.0669. The van der Waals surface area contributed by atoms with E-state index in [2.05, 4.69) is 15.5 Å². The number of benzene rings is 2. The fraction of sp³-hybridized carbons (Fsp3) is 0.125. The van der Waals surface area contributed by atoms with Gasteiger partial charge in [0.05, 0.1) is 5.56 Å². The van der Waals surface area contributed by atoms with Crippen LogP contribution in [0.2, 0.25) is 0 Å². The number of pyridine rings is 1. The molecule has 2 aromatic carbocycles. The van der Waals surface area contributed by atoms with Gasteiger partial charge in [-0.25, -0.2) is 8.78 Å². The number of aromatic nitrogens is 2. The highest BCUT2D eigenvalue weighted by molar-refractivity contribution is 5.97. The van der Waals surface area contributed by atoms with Crippen molar-refractivity contribution in [2.24, 2.45) is 0 Å². The molecule has 4 rings (SSSR count). The molecule has 0 saturated heterocycles. The third-order valence-corrected chi connectivity index (χ3v) is 4.82. The van der Waals surface area contributed by atoms with E-state index in [9.17, 15) is 13.6 Å². The number of anilines is 1. The molecule has 2 heterocycles. The lowest BCUT2D eigenvalue weighted by molar-refractivity contribution is -0.116. The van der Waals surface area contributed by atoms with Crippen LogP contribution in [-0.2, 0) is 11.2 Å². The van der Waals surface area contributed by atoms with Crippen molar-refractivity contribution in [1.82, 2.24) is 10.1 Å². The Bertz CT molecular complexity index is 1220. The number of rotatable bonds is 6. The third kappa shape index (κ3) is 4.66. The van der Waals surface area contributed by atoms with Gasteiger partial charge in [-0.05, 0) is 48.7 Å². The van der Waals surface area contributed by atoms with Gasteiger partial charge in [0.15, 0.2) is 0 Å². The third-order valence-electron chi connectivity index (χ3n) is 4.82. The number of nitrogens with zero attached hydrogens (tertiary/aromatic N) is 2. The van der Waals surface area contributed by atoms with E-state index in [0.717, 1.165) is 23.3 Å². The predicted molar refractivity (Wildman–Crippen MR) is 113 cm³/mol. The number of nitrogens with one attached hydrogen (secondary N) is 1. The first-order chi connectivity index (χ1) is 15.0. The Balaban J connectivity index is 1.63. The van der Waals surface area contributed by atoms with Gasteiger partial charge in [0.2, 0.25) is 11.8 Å². The number of carbonyl (C=O) groups excluding carboxylic acids is 1. The standard InChI is InChI=1S/C24H19F2N3O2/c1-15-3-2-4-16(13-15)5-8-21(30)28-24-22(17-9-11-27-12-10-17)23(29-31-24)19-7-6-18(25)14-20(19)26/h2-4,6-7,9-14H,5,8H2,1H3,(H,28,30). The number of halogens is 2. The van der Waals surface area contributed by atoms with Crippen LogP contribution in [-0.4, -0.2) is 16.0 Å². The van der Waals surface area contributed by atoms with E-state index in [1.807, 2.05) is 31.2 Å². The van der Waals surface area contributed by atoms with Gasteiger partial charge in [0, 0.05) is 30.4 Å². The SMILES string of the molecule is Cc1cccc(CCC(=O)Nc2onc(-c3ccc(F)cc3F)c2-c2ccncc2)c1. The van der Waals surface area contributed by atoms with E-state index in [1.165, 1.54) is 6.07 Å². The molecule has 0 spiro atoms. The lowest BCUT2D eigenvalue weighted by Gasteiger charge is -2.07. The fourth-order valence-corrected chi connectivity index (χ4v) is 3.34. The zero-order chi connectivity index (χ0) is 21.8. The molecular formula is C24H19F2N3O2. The van der Waals surface area contributed by atoms with Gasteiger partial charge in [-0.2, -0.15) is 0 Å². The zero-order valence-electron chi connectivity index (χ0n) is 16.7. The molecule has 0 radical (unpaired) electrons. The molecular weight excluding hydrogens is 400 g/mol. The summed E-state index contributed by atoms with van der Waals surface area (Å²) in [6, 6.07) is 14.5. The molecule has 1 amide bonds. The summed E-state index contributed by atoms with van der Waals surface area (Å²) in [5.74, 6) is -1.64. The number of carbonyl (C=O) groups is 1. The second-order valence-electron chi connectivity index (χ2n) is 7.13. The van der Waals surface area contributed by atoms with Gasteiger partial charge < -0.3 is 4.52 Å². The van der Waals surface area contributed by atoms with Gasteiger partial charge in [-0.1, -0.05) is 35.0 Å². The molecule has 0 aliphatic heterocycles. The predicted octanol–water partition coefficient (Wildman–Crippen LogP) is 5.56. The molecule has 0 atom stereocenters. The van der Waals surface area contributed by atoms with Crippen molar-refractivity contribution in [2.45, 2.75) is 19.8 Å². The van der Waals surface area contributed by atoms with Crippen molar-refractivity contribution in [3.8, 4) is 22.4 Å².